The van der Waals surface area contributed by atoms with Crippen LogP contribution in [0, 0.1) is 0 Å². The largest absolute Gasteiger partial charge is 0.506 e. The highest BCUT2D eigenvalue weighted by atomic mass is 16.3. The summed E-state index contributed by atoms with van der Waals surface area (Å²) in [6.45, 7) is 2.70. The molecule has 5 nitrogen and oxygen atoms in total. The first kappa shape index (κ1) is 13.2. The number of nitrogens with zero attached hydrogens (tertiary/aromatic N) is 2. The van der Waals surface area contributed by atoms with E-state index in [1.807, 2.05) is 31.2 Å². The van der Waals surface area contributed by atoms with Gasteiger partial charge in [-0.05, 0) is 18.4 Å². The number of hydrogen-bond donors (Lipinski definition) is 2. The number of phenolic OH excluding ortho intramolecular Hbond substituents is 1. The molecule has 0 fully saturated rings. The summed E-state index contributed by atoms with van der Waals surface area (Å²) < 4.78 is 1.72. The van der Waals surface area contributed by atoms with Crippen molar-refractivity contribution in [3.05, 3.63) is 54.4 Å². The lowest BCUT2D eigenvalue weighted by molar-refractivity contribution is 0.102. The summed E-state index contributed by atoms with van der Waals surface area (Å²) in [5.74, 6) is -0.359. The average Bonchev–Trinajstić information content (AvgIpc) is 2.95. The fraction of sp³-hybridized carbons (Fsp3) is 0.125. The van der Waals surface area contributed by atoms with Crippen molar-refractivity contribution in [1.29, 1.82) is 0 Å². The number of nitrogens with one attached hydrogen (secondary N) is 1. The number of hydrogen-bond acceptors (Lipinski definition) is 3. The molecule has 0 spiro atoms. The second-order valence-corrected chi connectivity index (χ2v) is 4.72. The number of amides is 1. The number of aromatic nitrogens is 2. The Morgan fingerprint density at radius 1 is 1.29 bits per heavy atom. The van der Waals surface area contributed by atoms with E-state index in [1.165, 1.54) is 0 Å². The third-order valence-electron chi connectivity index (χ3n) is 3.36. The highest BCUT2D eigenvalue weighted by molar-refractivity contribution is 6.09. The molecule has 0 radical (unpaired) electrons. The summed E-state index contributed by atoms with van der Waals surface area (Å²) in [5.41, 5.74) is 0.854. The Morgan fingerprint density at radius 2 is 2.10 bits per heavy atom. The minimum absolute atomic E-state index is 0.00603. The molecule has 0 aliphatic carbocycles. The molecular weight excluding hydrogens is 266 g/mol. The Bertz CT molecular complexity index is 808. The standard InChI is InChI=1S/C16H15N3O2/c1-2-19-10-12(9-17-19)18-16(21)14-8-7-11-5-3-4-6-13(11)15(14)20/h3-10,20H,2H2,1H3,(H,18,21). The quantitative estimate of drug-likeness (QED) is 0.775. The molecule has 0 saturated heterocycles. The first-order valence-corrected chi connectivity index (χ1v) is 6.73. The lowest BCUT2D eigenvalue weighted by atomic mass is 10.0. The molecule has 0 atom stereocenters. The SMILES string of the molecule is CCn1cc(NC(=O)c2ccc3ccccc3c2O)cn1. The molecule has 2 N–H and O–H groups in total. The van der Waals surface area contributed by atoms with E-state index >= 15 is 0 Å². The maximum atomic E-state index is 12.3. The molecule has 106 valence electrons. The summed E-state index contributed by atoms with van der Waals surface area (Å²) in [6.07, 6.45) is 3.33. The predicted molar refractivity (Wildman–Crippen MR) is 81.5 cm³/mol. The second kappa shape index (κ2) is 5.28. The summed E-state index contributed by atoms with van der Waals surface area (Å²) in [5, 5.41) is 18.7. The van der Waals surface area contributed by atoms with Crippen LogP contribution < -0.4 is 5.32 Å². The summed E-state index contributed by atoms with van der Waals surface area (Å²) in [4.78, 5) is 12.3. The molecule has 21 heavy (non-hydrogen) atoms. The molecule has 0 saturated carbocycles. The van der Waals surface area contributed by atoms with Crippen molar-refractivity contribution in [1.82, 2.24) is 9.78 Å². The molecule has 0 unspecified atom stereocenters. The lowest BCUT2D eigenvalue weighted by Gasteiger charge is -2.07. The van der Waals surface area contributed by atoms with Gasteiger partial charge in [-0.2, -0.15) is 5.10 Å². The number of fused-ring (bicyclic) bond motifs is 1. The average molecular weight is 281 g/mol. The molecule has 3 aromatic rings. The van der Waals surface area contributed by atoms with Crippen molar-refractivity contribution in [2.45, 2.75) is 13.5 Å². The maximum absolute atomic E-state index is 12.3. The minimum Gasteiger partial charge on any atom is -0.506 e. The van der Waals surface area contributed by atoms with Crippen molar-refractivity contribution in [3.8, 4) is 5.75 Å². The van der Waals surface area contributed by atoms with E-state index in [-0.39, 0.29) is 17.2 Å². The molecule has 2 aromatic carbocycles. The number of aryl methyl sites for hydroxylation is 1. The van der Waals surface area contributed by atoms with Crippen molar-refractivity contribution in [2.75, 3.05) is 5.32 Å². The third-order valence-corrected chi connectivity index (χ3v) is 3.36. The van der Waals surface area contributed by atoms with Crippen LogP contribution in [0.5, 0.6) is 5.75 Å². The molecule has 5 heteroatoms. The van der Waals surface area contributed by atoms with Crippen LogP contribution >= 0.6 is 0 Å². The van der Waals surface area contributed by atoms with Crippen molar-refractivity contribution in [2.24, 2.45) is 0 Å². The fourth-order valence-corrected chi connectivity index (χ4v) is 2.24. The van der Waals surface area contributed by atoms with E-state index in [0.717, 1.165) is 11.9 Å². The highest BCUT2D eigenvalue weighted by Crippen LogP contribution is 2.29. The van der Waals surface area contributed by atoms with E-state index in [9.17, 15) is 9.90 Å². The second-order valence-electron chi connectivity index (χ2n) is 4.72. The number of carbonyl (C=O) groups excluding carboxylic acids is 1. The summed E-state index contributed by atoms with van der Waals surface area (Å²) >= 11 is 0. The van der Waals surface area contributed by atoms with Crippen LogP contribution in [0.15, 0.2) is 48.8 Å². The smallest absolute Gasteiger partial charge is 0.259 e. The van der Waals surface area contributed by atoms with Crippen LogP contribution in [0.1, 0.15) is 17.3 Å². The van der Waals surface area contributed by atoms with Gasteiger partial charge in [0, 0.05) is 18.1 Å². The number of carbonyl (C=O) groups is 1. The van der Waals surface area contributed by atoms with Crippen LogP contribution in [-0.2, 0) is 6.54 Å². The van der Waals surface area contributed by atoms with Gasteiger partial charge in [0.25, 0.3) is 5.91 Å². The molecule has 3 rings (SSSR count). The van der Waals surface area contributed by atoms with Crippen LogP contribution in [-0.4, -0.2) is 20.8 Å². The van der Waals surface area contributed by atoms with Crippen molar-refractivity contribution < 1.29 is 9.90 Å². The molecule has 0 bridgehead atoms. The van der Waals surface area contributed by atoms with Gasteiger partial charge in [-0.25, -0.2) is 0 Å². The monoisotopic (exact) mass is 281 g/mol. The normalized spacial score (nSPS) is 10.7. The van der Waals surface area contributed by atoms with Gasteiger partial charge in [-0.3, -0.25) is 9.48 Å². The van der Waals surface area contributed by atoms with Gasteiger partial charge >= 0.3 is 0 Å². The molecule has 1 heterocycles. The number of rotatable bonds is 3. The topological polar surface area (TPSA) is 67.2 Å². The Kier molecular flexibility index (Phi) is 3.31. The number of benzene rings is 2. The zero-order valence-electron chi connectivity index (χ0n) is 11.6. The lowest BCUT2D eigenvalue weighted by Crippen LogP contribution is -2.11. The van der Waals surface area contributed by atoms with E-state index in [0.29, 0.717) is 11.1 Å². The Morgan fingerprint density at radius 3 is 2.86 bits per heavy atom. The number of anilines is 1. The first-order valence-electron chi connectivity index (χ1n) is 6.73. The zero-order chi connectivity index (χ0) is 14.8. The molecule has 1 amide bonds. The van der Waals surface area contributed by atoms with E-state index in [2.05, 4.69) is 10.4 Å². The Balaban J connectivity index is 1.92. The number of phenols is 1. The predicted octanol–water partition coefficient (Wildman–Crippen LogP) is 3.01. The van der Waals surface area contributed by atoms with Gasteiger partial charge in [0.05, 0.1) is 17.4 Å². The molecule has 1 aromatic heterocycles. The van der Waals surface area contributed by atoms with Crippen LogP contribution in [0.2, 0.25) is 0 Å². The first-order chi connectivity index (χ1) is 10.2. The fourth-order valence-electron chi connectivity index (χ4n) is 2.24. The van der Waals surface area contributed by atoms with Gasteiger partial charge in [-0.1, -0.05) is 30.3 Å². The van der Waals surface area contributed by atoms with E-state index < -0.39 is 0 Å². The number of aromatic hydroxyl groups is 1. The summed E-state index contributed by atoms with van der Waals surface area (Å²) in [6, 6.07) is 10.8. The molecule has 0 aliphatic rings. The minimum atomic E-state index is -0.353. The van der Waals surface area contributed by atoms with E-state index in [4.69, 9.17) is 0 Å². The summed E-state index contributed by atoms with van der Waals surface area (Å²) in [7, 11) is 0. The Hall–Kier alpha value is -2.82. The highest BCUT2D eigenvalue weighted by Gasteiger charge is 2.14. The molecular formula is C16H15N3O2. The van der Waals surface area contributed by atoms with Gasteiger partial charge in [0.1, 0.15) is 5.75 Å². The van der Waals surface area contributed by atoms with Gasteiger partial charge < -0.3 is 10.4 Å². The van der Waals surface area contributed by atoms with Crippen molar-refractivity contribution >= 4 is 22.4 Å². The molecule has 0 aliphatic heterocycles. The van der Waals surface area contributed by atoms with Crippen LogP contribution in [0.3, 0.4) is 0 Å². The van der Waals surface area contributed by atoms with Crippen LogP contribution in [0.25, 0.3) is 10.8 Å². The van der Waals surface area contributed by atoms with Gasteiger partial charge in [0.2, 0.25) is 0 Å². The third kappa shape index (κ3) is 2.45. The van der Waals surface area contributed by atoms with Crippen molar-refractivity contribution in [3.63, 3.8) is 0 Å². The maximum Gasteiger partial charge on any atom is 0.259 e. The zero-order valence-corrected chi connectivity index (χ0v) is 11.6. The van der Waals surface area contributed by atoms with Crippen LogP contribution in [0.4, 0.5) is 5.69 Å². The van der Waals surface area contributed by atoms with Gasteiger partial charge in [0.15, 0.2) is 0 Å². The van der Waals surface area contributed by atoms with Gasteiger partial charge in [-0.15, -0.1) is 0 Å². The Labute approximate surface area is 121 Å². The van der Waals surface area contributed by atoms with E-state index in [1.54, 1.807) is 29.2 Å².